The summed E-state index contributed by atoms with van der Waals surface area (Å²) in [7, 11) is 1.99. The Balaban J connectivity index is 1.45. The van der Waals surface area contributed by atoms with E-state index in [9.17, 15) is 18.0 Å². The molecule has 2 aliphatic rings. The molecule has 1 atom stereocenters. The number of ether oxygens (including phenoxy) is 1. The molecule has 2 saturated heterocycles. The molecule has 3 aromatic rings. The third-order valence-electron chi connectivity index (χ3n) is 8.23. The molecule has 5 rings (SSSR count). The number of hydrogen-bond acceptors (Lipinski definition) is 5. The molecule has 0 bridgehead atoms. The molecule has 0 unspecified atom stereocenters. The van der Waals surface area contributed by atoms with Crippen molar-refractivity contribution in [1.82, 2.24) is 15.2 Å². The minimum absolute atomic E-state index is 0.0132. The highest BCUT2D eigenvalue weighted by Gasteiger charge is 2.45. The van der Waals surface area contributed by atoms with Crippen molar-refractivity contribution in [3.63, 3.8) is 0 Å². The van der Waals surface area contributed by atoms with Crippen molar-refractivity contribution in [2.75, 3.05) is 44.7 Å². The van der Waals surface area contributed by atoms with Gasteiger partial charge in [0.1, 0.15) is 17.3 Å². The van der Waals surface area contributed by atoms with E-state index in [1.54, 1.807) is 30.5 Å². The van der Waals surface area contributed by atoms with Gasteiger partial charge in [0.25, 0.3) is 0 Å². The summed E-state index contributed by atoms with van der Waals surface area (Å²) in [6, 6.07) is 11.7. The number of para-hydroxylation sites is 1. The van der Waals surface area contributed by atoms with Gasteiger partial charge in [-0.3, -0.25) is 9.78 Å². The van der Waals surface area contributed by atoms with Crippen LogP contribution in [0.4, 0.5) is 23.2 Å². The Morgan fingerprint density at radius 2 is 1.88 bits per heavy atom. The maximum absolute atomic E-state index is 15.8. The van der Waals surface area contributed by atoms with Crippen LogP contribution in [0.3, 0.4) is 0 Å². The van der Waals surface area contributed by atoms with E-state index < -0.39 is 23.0 Å². The predicted octanol–water partition coefficient (Wildman–Crippen LogP) is 6.32. The van der Waals surface area contributed by atoms with Crippen LogP contribution in [0, 0.1) is 5.82 Å². The Kier molecular flexibility index (Phi) is 8.66. The third kappa shape index (κ3) is 6.06. The summed E-state index contributed by atoms with van der Waals surface area (Å²) in [5.41, 5.74) is -0.339. The molecule has 3 heterocycles. The van der Waals surface area contributed by atoms with Crippen LogP contribution < -0.4 is 15.0 Å². The number of anilines is 1. The second-order valence-electron chi connectivity index (χ2n) is 10.9. The zero-order chi connectivity index (χ0) is 30.1. The fourth-order valence-electron chi connectivity index (χ4n) is 5.93. The molecule has 0 spiro atoms. The summed E-state index contributed by atoms with van der Waals surface area (Å²) in [6.45, 7) is 4.50. The Bertz CT molecular complexity index is 1440. The molecule has 6 nitrogen and oxygen atoms in total. The lowest BCUT2D eigenvalue weighted by atomic mass is 9.72. The van der Waals surface area contributed by atoms with Gasteiger partial charge in [-0.2, -0.15) is 13.2 Å². The normalized spacial score (nSPS) is 19.1. The third-order valence-corrected chi connectivity index (χ3v) is 8.53. The van der Waals surface area contributed by atoms with Gasteiger partial charge in [-0.25, -0.2) is 4.39 Å². The molecule has 2 aliphatic heterocycles. The van der Waals surface area contributed by atoms with Crippen LogP contribution in [-0.2, 0) is 16.4 Å². The Morgan fingerprint density at radius 3 is 2.50 bits per heavy atom. The Hall–Kier alpha value is -3.37. The second kappa shape index (κ2) is 12.1. The highest BCUT2D eigenvalue weighted by molar-refractivity contribution is 6.33. The van der Waals surface area contributed by atoms with E-state index in [1.165, 1.54) is 12.1 Å². The van der Waals surface area contributed by atoms with Crippen molar-refractivity contribution >= 4 is 23.2 Å². The molecule has 42 heavy (non-hydrogen) atoms. The summed E-state index contributed by atoms with van der Waals surface area (Å²) >= 11 is 6.28. The monoisotopic (exact) mass is 604 g/mol. The average Bonchev–Trinajstić information content (AvgIpc) is 3.37. The highest BCUT2D eigenvalue weighted by Crippen LogP contribution is 2.42. The average molecular weight is 605 g/mol. The topological polar surface area (TPSA) is 57.7 Å². The quantitative estimate of drug-likeness (QED) is 0.320. The summed E-state index contributed by atoms with van der Waals surface area (Å²) in [4.78, 5) is 22.5. The maximum atomic E-state index is 15.8. The van der Waals surface area contributed by atoms with Crippen LogP contribution in [-0.4, -0.2) is 61.7 Å². The number of carbonyl (C=O) groups is 1. The smallest absolute Gasteiger partial charge is 0.416 e. The molecule has 11 heteroatoms. The lowest BCUT2D eigenvalue weighted by Gasteiger charge is -2.42. The van der Waals surface area contributed by atoms with Crippen LogP contribution in [0.1, 0.15) is 37.3 Å². The van der Waals surface area contributed by atoms with E-state index in [0.29, 0.717) is 55.1 Å². The minimum Gasteiger partial charge on any atom is -0.493 e. The number of hydrogen-bond donors (Lipinski definition) is 1. The van der Waals surface area contributed by atoms with E-state index in [2.05, 4.69) is 15.2 Å². The van der Waals surface area contributed by atoms with Crippen molar-refractivity contribution in [2.45, 2.75) is 43.8 Å². The first-order valence-corrected chi connectivity index (χ1v) is 14.4. The Morgan fingerprint density at radius 1 is 1.14 bits per heavy atom. The number of carbonyl (C=O) groups excluding carboxylic acids is 1. The standard InChI is InChI=1S/C31H33ClF4N4O2/c1-3-42-27-7-5-4-6-23(27)28-25(33)17-21(18-37-28)30(29(41)38-22-10-13-39(2)19-22)11-14-40(15-12-30)26-9-8-20(16-24(26)32)31(34,35)36/h4-9,16-18,22H,3,10-15,19H2,1-2H3,(H,38,41)/t22-/m0/s1. The van der Waals surface area contributed by atoms with Crippen molar-refractivity contribution in [3.8, 4) is 17.0 Å². The van der Waals surface area contributed by atoms with Crippen molar-refractivity contribution in [1.29, 1.82) is 0 Å². The van der Waals surface area contributed by atoms with Gasteiger partial charge < -0.3 is 19.9 Å². The van der Waals surface area contributed by atoms with Gasteiger partial charge in [-0.1, -0.05) is 23.7 Å². The fourth-order valence-corrected chi connectivity index (χ4v) is 6.23. The SMILES string of the molecule is CCOc1ccccc1-c1ncc(C2(C(=O)N[C@H]3CCN(C)C3)CCN(c3ccc(C(F)(F)F)cc3Cl)CC2)cc1F. The first kappa shape index (κ1) is 30.1. The molecule has 0 radical (unpaired) electrons. The number of aromatic nitrogens is 1. The van der Waals surface area contributed by atoms with E-state index in [4.69, 9.17) is 16.3 Å². The molecule has 1 amide bonds. The van der Waals surface area contributed by atoms with Gasteiger partial charge in [0, 0.05) is 37.4 Å². The highest BCUT2D eigenvalue weighted by atomic mass is 35.5. The molecule has 1 N–H and O–H groups in total. The lowest BCUT2D eigenvalue weighted by Crippen LogP contribution is -2.54. The van der Waals surface area contributed by atoms with Gasteiger partial charge in [0.15, 0.2) is 0 Å². The first-order chi connectivity index (χ1) is 20.0. The van der Waals surface area contributed by atoms with Crippen molar-refractivity contribution in [2.24, 2.45) is 0 Å². The van der Waals surface area contributed by atoms with Gasteiger partial charge in [-0.05, 0) is 81.7 Å². The number of likely N-dealkylation sites (N-methyl/N-ethyl adjacent to an activating group) is 1. The maximum Gasteiger partial charge on any atom is 0.416 e. The van der Waals surface area contributed by atoms with Gasteiger partial charge in [0.2, 0.25) is 5.91 Å². The van der Waals surface area contributed by atoms with Crippen LogP contribution in [0.5, 0.6) is 5.75 Å². The van der Waals surface area contributed by atoms with Crippen LogP contribution in [0.15, 0.2) is 54.7 Å². The lowest BCUT2D eigenvalue weighted by molar-refractivity contribution is -0.137. The number of benzene rings is 2. The summed E-state index contributed by atoms with van der Waals surface area (Å²) < 4.78 is 61.0. The van der Waals surface area contributed by atoms with Crippen LogP contribution in [0.25, 0.3) is 11.3 Å². The number of halogens is 5. The second-order valence-corrected chi connectivity index (χ2v) is 11.3. The summed E-state index contributed by atoms with van der Waals surface area (Å²) in [5, 5.41) is 3.17. The number of alkyl halides is 3. The first-order valence-electron chi connectivity index (χ1n) is 14.0. The number of nitrogens with one attached hydrogen (secondary N) is 1. The van der Waals surface area contributed by atoms with Crippen molar-refractivity contribution in [3.05, 3.63) is 76.7 Å². The number of likely N-dealkylation sites (tertiary alicyclic amines) is 1. The molecule has 224 valence electrons. The van der Waals surface area contributed by atoms with Gasteiger partial charge >= 0.3 is 6.18 Å². The molecule has 2 fully saturated rings. The zero-order valence-electron chi connectivity index (χ0n) is 23.5. The summed E-state index contributed by atoms with van der Waals surface area (Å²) in [6.07, 6.45) is -1.53. The molecule has 1 aromatic heterocycles. The number of nitrogens with zero attached hydrogens (tertiary/aromatic N) is 3. The van der Waals surface area contributed by atoms with Gasteiger partial charge in [0.05, 0.1) is 28.3 Å². The van der Waals surface area contributed by atoms with E-state index in [1.807, 2.05) is 18.9 Å². The number of rotatable bonds is 7. The predicted molar refractivity (Wildman–Crippen MR) is 154 cm³/mol. The van der Waals surface area contributed by atoms with Gasteiger partial charge in [-0.15, -0.1) is 0 Å². The molecular formula is C31H33ClF4N4O2. The summed E-state index contributed by atoms with van der Waals surface area (Å²) in [5.74, 6) is -0.260. The molecule has 0 aliphatic carbocycles. The number of piperidine rings is 1. The van der Waals surface area contributed by atoms with Crippen molar-refractivity contribution < 1.29 is 27.1 Å². The van der Waals surface area contributed by atoms with E-state index in [-0.39, 0.29) is 22.7 Å². The Labute approximate surface area is 247 Å². The number of pyridine rings is 1. The van der Waals surface area contributed by atoms with E-state index >= 15 is 4.39 Å². The van der Waals surface area contributed by atoms with Crippen LogP contribution in [0.2, 0.25) is 5.02 Å². The van der Waals surface area contributed by atoms with E-state index in [0.717, 1.165) is 31.6 Å². The molecule has 2 aromatic carbocycles. The zero-order valence-corrected chi connectivity index (χ0v) is 24.2. The molecule has 0 saturated carbocycles. The largest absolute Gasteiger partial charge is 0.493 e. The minimum atomic E-state index is -4.50. The number of amides is 1. The molecular weight excluding hydrogens is 572 g/mol. The fraction of sp³-hybridized carbons (Fsp3) is 0.419. The van der Waals surface area contributed by atoms with Crippen LogP contribution >= 0.6 is 11.6 Å².